The smallest absolute Gasteiger partial charge is 0.191 e. The number of benzene rings is 1. The number of nitrogens with one attached hydrogen (secondary N) is 2. The summed E-state index contributed by atoms with van der Waals surface area (Å²) in [4.78, 5) is 4.71. The molecule has 1 heterocycles. The first-order valence-corrected chi connectivity index (χ1v) is 10.1. The van der Waals surface area contributed by atoms with Crippen LogP contribution < -0.4 is 20.1 Å². The molecule has 1 aromatic rings. The SMILES string of the molecule is CCNC(=NCC1(C)CCCO1)NCCc1ccc(OCC)c(OCC)c1.I. The number of rotatable bonds is 10. The van der Waals surface area contributed by atoms with Crippen LogP contribution >= 0.6 is 24.0 Å². The zero-order valence-corrected chi connectivity index (χ0v) is 20.0. The molecule has 1 aliphatic rings. The number of halogens is 1. The number of aliphatic imine (C=N–C) groups is 1. The molecule has 0 spiro atoms. The maximum absolute atomic E-state index is 5.82. The average Bonchev–Trinajstić information content (AvgIpc) is 3.09. The van der Waals surface area contributed by atoms with Crippen molar-refractivity contribution in [1.82, 2.24) is 10.6 Å². The largest absolute Gasteiger partial charge is 0.490 e. The molecule has 1 atom stereocenters. The van der Waals surface area contributed by atoms with E-state index in [0.29, 0.717) is 19.8 Å². The molecule has 0 amide bonds. The number of hydrogen-bond donors (Lipinski definition) is 2. The molecule has 1 saturated heterocycles. The topological polar surface area (TPSA) is 64.1 Å². The first kappa shape index (κ1) is 24.8. The molecule has 28 heavy (non-hydrogen) atoms. The van der Waals surface area contributed by atoms with Crippen LogP contribution in [0.15, 0.2) is 23.2 Å². The molecule has 1 unspecified atom stereocenters. The highest BCUT2D eigenvalue weighted by atomic mass is 127. The molecule has 2 rings (SSSR count). The van der Waals surface area contributed by atoms with Crippen LogP contribution in [-0.2, 0) is 11.2 Å². The molecule has 6 nitrogen and oxygen atoms in total. The zero-order valence-electron chi connectivity index (χ0n) is 17.7. The molecule has 0 radical (unpaired) electrons. The lowest BCUT2D eigenvalue weighted by Crippen LogP contribution is -2.40. The van der Waals surface area contributed by atoms with E-state index in [2.05, 4.69) is 36.6 Å². The molecular formula is C21H36IN3O3. The molecule has 0 bridgehead atoms. The van der Waals surface area contributed by atoms with Crippen LogP contribution in [0.2, 0.25) is 0 Å². The lowest BCUT2D eigenvalue weighted by molar-refractivity contribution is 0.0283. The van der Waals surface area contributed by atoms with Crippen molar-refractivity contribution in [3.63, 3.8) is 0 Å². The Bertz CT molecular complexity index is 605. The lowest BCUT2D eigenvalue weighted by atomic mass is 10.0. The van der Waals surface area contributed by atoms with Gasteiger partial charge in [-0.25, -0.2) is 0 Å². The summed E-state index contributed by atoms with van der Waals surface area (Å²) in [6.45, 7) is 12.6. The van der Waals surface area contributed by atoms with Crippen molar-refractivity contribution in [3.8, 4) is 11.5 Å². The van der Waals surface area contributed by atoms with E-state index in [1.165, 1.54) is 5.56 Å². The first-order chi connectivity index (χ1) is 13.1. The molecule has 160 valence electrons. The van der Waals surface area contributed by atoms with Crippen LogP contribution in [0.5, 0.6) is 11.5 Å². The van der Waals surface area contributed by atoms with Gasteiger partial charge in [-0.2, -0.15) is 0 Å². The van der Waals surface area contributed by atoms with Gasteiger partial charge in [0.1, 0.15) is 0 Å². The molecule has 0 aromatic heterocycles. The van der Waals surface area contributed by atoms with E-state index in [9.17, 15) is 0 Å². The van der Waals surface area contributed by atoms with E-state index in [0.717, 1.165) is 56.4 Å². The Morgan fingerprint density at radius 1 is 1.14 bits per heavy atom. The van der Waals surface area contributed by atoms with Gasteiger partial charge in [0.15, 0.2) is 17.5 Å². The van der Waals surface area contributed by atoms with E-state index in [4.69, 9.17) is 19.2 Å². The van der Waals surface area contributed by atoms with Crippen molar-refractivity contribution in [2.45, 2.75) is 52.6 Å². The van der Waals surface area contributed by atoms with E-state index in [-0.39, 0.29) is 29.6 Å². The van der Waals surface area contributed by atoms with Crippen LogP contribution in [0, 0.1) is 0 Å². The Kier molecular flexibility index (Phi) is 11.6. The summed E-state index contributed by atoms with van der Waals surface area (Å²) in [6.07, 6.45) is 3.07. The van der Waals surface area contributed by atoms with Crippen LogP contribution in [0.4, 0.5) is 0 Å². The third-order valence-corrected chi connectivity index (χ3v) is 4.53. The fourth-order valence-corrected chi connectivity index (χ4v) is 3.13. The van der Waals surface area contributed by atoms with Crippen molar-refractivity contribution in [1.29, 1.82) is 0 Å². The second kappa shape index (κ2) is 13.1. The highest BCUT2D eigenvalue weighted by Gasteiger charge is 2.29. The minimum Gasteiger partial charge on any atom is -0.490 e. The van der Waals surface area contributed by atoms with Gasteiger partial charge in [0.05, 0.1) is 25.4 Å². The first-order valence-electron chi connectivity index (χ1n) is 10.1. The van der Waals surface area contributed by atoms with Crippen molar-refractivity contribution >= 4 is 29.9 Å². The minimum atomic E-state index is -0.121. The molecule has 1 fully saturated rings. The summed E-state index contributed by atoms with van der Waals surface area (Å²) >= 11 is 0. The quantitative estimate of drug-likeness (QED) is 0.288. The predicted molar refractivity (Wildman–Crippen MR) is 125 cm³/mol. The van der Waals surface area contributed by atoms with Crippen LogP contribution in [-0.4, -0.2) is 51.0 Å². The van der Waals surface area contributed by atoms with Crippen molar-refractivity contribution in [2.24, 2.45) is 4.99 Å². The predicted octanol–water partition coefficient (Wildman–Crippen LogP) is 3.77. The minimum absolute atomic E-state index is 0. The highest BCUT2D eigenvalue weighted by molar-refractivity contribution is 14.0. The molecule has 0 aliphatic carbocycles. The van der Waals surface area contributed by atoms with Gasteiger partial charge in [-0.1, -0.05) is 6.07 Å². The van der Waals surface area contributed by atoms with Crippen molar-refractivity contribution in [3.05, 3.63) is 23.8 Å². The second-order valence-corrected chi connectivity index (χ2v) is 6.92. The number of ether oxygens (including phenoxy) is 3. The second-order valence-electron chi connectivity index (χ2n) is 6.92. The molecule has 7 heteroatoms. The van der Waals surface area contributed by atoms with Gasteiger partial charge >= 0.3 is 0 Å². The maximum atomic E-state index is 5.82. The normalized spacial score (nSPS) is 19.1. The Balaban J connectivity index is 0.00000392. The Morgan fingerprint density at radius 3 is 2.54 bits per heavy atom. The molecule has 2 N–H and O–H groups in total. The monoisotopic (exact) mass is 505 g/mol. The maximum Gasteiger partial charge on any atom is 0.191 e. The van der Waals surface area contributed by atoms with E-state index < -0.39 is 0 Å². The third-order valence-electron chi connectivity index (χ3n) is 4.53. The standard InChI is InChI=1S/C21H35N3O3.HI/c1-5-22-20(24-16-21(4)12-8-14-27-21)23-13-11-17-9-10-18(25-6-2)19(15-17)26-7-3;/h9-10,15H,5-8,11-14,16H2,1-4H3,(H2,22,23,24);1H. The van der Waals surface area contributed by atoms with Gasteiger partial charge in [0, 0.05) is 19.7 Å². The lowest BCUT2D eigenvalue weighted by Gasteiger charge is -2.21. The van der Waals surface area contributed by atoms with Crippen molar-refractivity contribution < 1.29 is 14.2 Å². The number of hydrogen-bond acceptors (Lipinski definition) is 4. The summed E-state index contributed by atoms with van der Waals surface area (Å²) in [5.41, 5.74) is 1.08. The summed E-state index contributed by atoms with van der Waals surface area (Å²) in [6, 6.07) is 6.14. The number of guanidine groups is 1. The van der Waals surface area contributed by atoms with E-state index in [1.54, 1.807) is 0 Å². The third kappa shape index (κ3) is 8.03. The highest BCUT2D eigenvalue weighted by Crippen LogP contribution is 2.28. The molecular weight excluding hydrogens is 469 g/mol. The van der Waals surface area contributed by atoms with E-state index >= 15 is 0 Å². The Morgan fingerprint density at radius 2 is 1.89 bits per heavy atom. The van der Waals surface area contributed by atoms with Gasteiger partial charge in [0.25, 0.3) is 0 Å². The molecule has 1 aliphatic heterocycles. The number of nitrogens with zero attached hydrogens (tertiary/aromatic N) is 1. The summed E-state index contributed by atoms with van der Waals surface area (Å²) in [7, 11) is 0. The fourth-order valence-electron chi connectivity index (χ4n) is 3.13. The van der Waals surface area contributed by atoms with Gasteiger partial charge in [-0.15, -0.1) is 24.0 Å². The van der Waals surface area contributed by atoms with Crippen LogP contribution in [0.1, 0.15) is 46.1 Å². The Labute approximate surface area is 186 Å². The van der Waals surface area contributed by atoms with Crippen LogP contribution in [0.3, 0.4) is 0 Å². The Hall–Kier alpha value is -1.22. The average molecular weight is 505 g/mol. The van der Waals surface area contributed by atoms with E-state index in [1.807, 2.05) is 19.9 Å². The van der Waals surface area contributed by atoms with Gasteiger partial charge in [-0.05, 0) is 64.7 Å². The molecule has 1 aromatic carbocycles. The van der Waals surface area contributed by atoms with Gasteiger partial charge in [-0.3, -0.25) is 4.99 Å². The van der Waals surface area contributed by atoms with Crippen molar-refractivity contribution in [2.75, 3.05) is 39.5 Å². The van der Waals surface area contributed by atoms with Gasteiger partial charge < -0.3 is 24.8 Å². The fraction of sp³-hybridized carbons (Fsp3) is 0.667. The zero-order chi connectivity index (χ0) is 19.5. The summed E-state index contributed by atoms with van der Waals surface area (Å²) < 4.78 is 17.2. The summed E-state index contributed by atoms with van der Waals surface area (Å²) in [5.74, 6) is 2.45. The molecule has 0 saturated carbocycles. The van der Waals surface area contributed by atoms with Crippen LogP contribution in [0.25, 0.3) is 0 Å². The van der Waals surface area contributed by atoms with Gasteiger partial charge in [0.2, 0.25) is 0 Å². The summed E-state index contributed by atoms with van der Waals surface area (Å²) in [5, 5.41) is 6.72.